The SMILES string of the molecule is CCOC(=O)c1c(NC(=O)/C(C#N)=C/c2ccc(-c3ccc(Cl)cc3)o2)sc2c1CCC(CC)C2. The van der Waals surface area contributed by atoms with Crippen LogP contribution in [0.5, 0.6) is 0 Å². The van der Waals surface area contributed by atoms with E-state index in [2.05, 4.69) is 12.2 Å². The lowest BCUT2D eigenvalue weighted by molar-refractivity contribution is -0.112. The van der Waals surface area contributed by atoms with E-state index in [0.717, 1.165) is 41.7 Å². The van der Waals surface area contributed by atoms with Gasteiger partial charge in [0.05, 0.1) is 12.2 Å². The van der Waals surface area contributed by atoms with Crippen molar-refractivity contribution < 1.29 is 18.7 Å². The summed E-state index contributed by atoms with van der Waals surface area (Å²) in [7, 11) is 0. The van der Waals surface area contributed by atoms with Gasteiger partial charge in [0.15, 0.2) is 0 Å². The largest absolute Gasteiger partial charge is 0.462 e. The first-order valence-corrected chi connectivity index (χ1v) is 12.7. The van der Waals surface area contributed by atoms with Gasteiger partial charge in [0.2, 0.25) is 0 Å². The second-order valence-electron chi connectivity index (χ2n) is 8.28. The van der Waals surface area contributed by atoms with Crippen molar-refractivity contribution in [1.29, 1.82) is 5.26 Å². The van der Waals surface area contributed by atoms with E-state index < -0.39 is 11.9 Å². The first kappa shape index (κ1) is 24.8. The van der Waals surface area contributed by atoms with Gasteiger partial charge in [-0.1, -0.05) is 24.9 Å². The minimum atomic E-state index is -0.604. The normalized spacial score (nSPS) is 15.3. The molecule has 35 heavy (non-hydrogen) atoms. The maximum Gasteiger partial charge on any atom is 0.341 e. The van der Waals surface area contributed by atoms with E-state index in [1.807, 2.05) is 18.2 Å². The molecule has 0 aliphatic heterocycles. The van der Waals surface area contributed by atoms with Crippen LogP contribution in [0.15, 0.2) is 46.4 Å². The van der Waals surface area contributed by atoms with Crippen molar-refractivity contribution in [3.63, 3.8) is 0 Å². The fourth-order valence-electron chi connectivity index (χ4n) is 4.17. The number of fused-ring (bicyclic) bond motifs is 1. The highest BCUT2D eigenvalue weighted by molar-refractivity contribution is 7.17. The highest BCUT2D eigenvalue weighted by Crippen LogP contribution is 2.41. The summed E-state index contributed by atoms with van der Waals surface area (Å²) >= 11 is 7.34. The number of nitriles is 1. The van der Waals surface area contributed by atoms with Gasteiger partial charge in [-0.3, -0.25) is 4.79 Å². The van der Waals surface area contributed by atoms with E-state index in [1.54, 1.807) is 31.2 Å². The maximum atomic E-state index is 13.0. The lowest BCUT2D eigenvalue weighted by atomic mass is 9.85. The Balaban J connectivity index is 1.59. The lowest BCUT2D eigenvalue weighted by Crippen LogP contribution is -2.17. The number of anilines is 1. The Kier molecular flexibility index (Phi) is 7.74. The molecule has 1 aliphatic rings. The number of amides is 1. The number of benzene rings is 1. The molecule has 1 aromatic carbocycles. The molecule has 0 bridgehead atoms. The second-order valence-corrected chi connectivity index (χ2v) is 9.82. The third-order valence-corrected chi connectivity index (χ3v) is 7.48. The van der Waals surface area contributed by atoms with Crippen LogP contribution in [0.4, 0.5) is 5.00 Å². The predicted molar refractivity (Wildman–Crippen MR) is 137 cm³/mol. The van der Waals surface area contributed by atoms with E-state index >= 15 is 0 Å². The van der Waals surface area contributed by atoms with Crippen LogP contribution in [0.2, 0.25) is 5.02 Å². The zero-order valence-corrected chi connectivity index (χ0v) is 21.1. The number of carbonyl (C=O) groups is 2. The van der Waals surface area contributed by atoms with Gasteiger partial charge in [0.1, 0.15) is 28.2 Å². The lowest BCUT2D eigenvalue weighted by Gasteiger charge is -2.20. The van der Waals surface area contributed by atoms with Crippen molar-refractivity contribution >= 4 is 45.9 Å². The van der Waals surface area contributed by atoms with Crippen molar-refractivity contribution in [3.8, 4) is 17.4 Å². The van der Waals surface area contributed by atoms with Crippen molar-refractivity contribution in [2.45, 2.75) is 39.5 Å². The summed E-state index contributed by atoms with van der Waals surface area (Å²) in [5.74, 6) is 0.461. The zero-order valence-electron chi connectivity index (χ0n) is 19.5. The molecule has 4 rings (SSSR count). The van der Waals surface area contributed by atoms with Crippen LogP contribution < -0.4 is 5.32 Å². The van der Waals surface area contributed by atoms with Crippen LogP contribution in [-0.2, 0) is 22.4 Å². The van der Waals surface area contributed by atoms with Crippen molar-refractivity contribution in [2.75, 3.05) is 11.9 Å². The summed E-state index contributed by atoms with van der Waals surface area (Å²) in [6, 6.07) is 12.6. The molecule has 0 saturated carbocycles. The third-order valence-electron chi connectivity index (χ3n) is 6.06. The zero-order chi connectivity index (χ0) is 24.9. The molecule has 2 heterocycles. The standard InChI is InChI=1S/C27H25ClN2O4S/c1-3-16-5-11-21-23(13-16)35-26(24(21)27(32)33-4-2)30-25(31)18(15-29)14-20-10-12-22(34-20)17-6-8-19(28)9-7-17/h6-10,12,14,16H,3-5,11,13H2,1-2H3,(H,30,31)/b18-14+. The number of nitrogens with one attached hydrogen (secondary N) is 1. The molecule has 0 saturated heterocycles. The van der Waals surface area contributed by atoms with E-state index in [9.17, 15) is 14.9 Å². The van der Waals surface area contributed by atoms with Gasteiger partial charge in [0.25, 0.3) is 5.91 Å². The molecule has 1 N–H and O–H groups in total. The summed E-state index contributed by atoms with van der Waals surface area (Å²) in [6.07, 6.45) is 5.10. The number of esters is 1. The van der Waals surface area contributed by atoms with Gasteiger partial charge in [-0.25, -0.2) is 4.79 Å². The summed E-state index contributed by atoms with van der Waals surface area (Å²) in [5.41, 5.74) is 2.06. The molecule has 0 radical (unpaired) electrons. The van der Waals surface area contributed by atoms with Gasteiger partial charge in [-0.05, 0) is 74.1 Å². The minimum Gasteiger partial charge on any atom is -0.462 e. The van der Waals surface area contributed by atoms with Crippen LogP contribution in [0.3, 0.4) is 0 Å². The quantitative estimate of drug-likeness (QED) is 0.213. The highest BCUT2D eigenvalue weighted by atomic mass is 35.5. The van der Waals surface area contributed by atoms with Crippen LogP contribution in [0.1, 0.15) is 53.2 Å². The number of ether oxygens (including phenoxy) is 1. The number of furan rings is 1. The number of halogens is 1. The Labute approximate surface area is 213 Å². The topological polar surface area (TPSA) is 92.3 Å². The number of rotatable bonds is 7. The van der Waals surface area contributed by atoms with Crippen molar-refractivity contribution in [2.24, 2.45) is 5.92 Å². The summed E-state index contributed by atoms with van der Waals surface area (Å²) in [6.45, 7) is 4.15. The summed E-state index contributed by atoms with van der Waals surface area (Å²) < 4.78 is 11.1. The second kappa shape index (κ2) is 10.9. The summed E-state index contributed by atoms with van der Waals surface area (Å²) in [5, 5.41) is 13.5. The predicted octanol–water partition coefficient (Wildman–Crippen LogP) is 6.90. The number of carbonyl (C=O) groups excluding carboxylic acids is 2. The maximum absolute atomic E-state index is 13.0. The molecule has 1 amide bonds. The van der Waals surface area contributed by atoms with E-state index in [4.69, 9.17) is 20.8 Å². The molecular formula is C27H25ClN2O4S. The number of thiophene rings is 1. The van der Waals surface area contributed by atoms with Gasteiger partial charge in [-0.15, -0.1) is 11.3 Å². The van der Waals surface area contributed by atoms with Gasteiger partial charge < -0.3 is 14.5 Å². The molecule has 8 heteroatoms. The van der Waals surface area contributed by atoms with Crippen molar-refractivity contribution in [3.05, 3.63) is 68.8 Å². The Morgan fingerprint density at radius 1 is 1.26 bits per heavy atom. The van der Waals surface area contributed by atoms with Crippen LogP contribution in [-0.4, -0.2) is 18.5 Å². The number of hydrogen-bond donors (Lipinski definition) is 1. The molecule has 2 aromatic heterocycles. The van der Waals surface area contributed by atoms with E-state index in [1.165, 1.54) is 17.4 Å². The third kappa shape index (κ3) is 5.50. The van der Waals surface area contributed by atoms with Crippen LogP contribution in [0, 0.1) is 17.2 Å². The van der Waals surface area contributed by atoms with Crippen LogP contribution in [0.25, 0.3) is 17.4 Å². The fourth-order valence-corrected chi connectivity index (χ4v) is 5.64. The van der Waals surface area contributed by atoms with E-state index in [0.29, 0.717) is 33.0 Å². The first-order chi connectivity index (χ1) is 16.9. The van der Waals surface area contributed by atoms with Crippen LogP contribution >= 0.6 is 22.9 Å². The molecule has 1 atom stereocenters. The van der Waals surface area contributed by atoms with Crippen molar-refractivity contribution in [1.82, 2.24) is 0 Å². The fraction of sp³-hybridized carbons (Fsp3) is 0.296. The highest BCUT2D eigenvalue weighted by Gasteiger charge is 2.30. The summed E-state index contributed by atoms with van der Waals surface area (Å²) in [4.78, 5) is 26.9. The Bertz CT molecular complexity index is 1310. The molecule has 180 valence electrons. The smallest absolute Gasteiger partial charge is 0.341 e. The molecule has 0 fully saturated rings. The van der Waals surface area contributed by atoms with Gasteiger partial charge in [-0.2, -0.15) is 5.26 Å². The molecular weight excluding hydrogens is 484 g/mol. The Morgan fingerprint density at radius 3 is 2.71 bits per heavy atom. The van der Waals surface area contributed by atoms with Gasteiger partial charge >= 0.3 is 5.97 Å². The monoisotopic (exact) mass is 508 g/mol. The number of hydrogen-bond acceptors (Lipinski definition) is 6. The van der Waals surface area contributed by atoms with E-state index in [-0.39, 0.29) is 12.2 Å². The minimum absolute atomic E-state index is 0.130. The van der Waals surface area contributed by atoms with Gasteiger partial charge in [0, 0.05) is 21.5 Å². The number of nitrogens with zero attached hydrogens (tertiary/aromatic N) is 1. The Morgan fingerprint density at radius 2 is 2.03 bits per heavy atom. The molecule has 1 aliphatic carbocycles. The Hall–Kier alpha value is -3.34. The molecule has 1 unspecified atom stereocenters. The average molecular weight is 509 g/mol. The molecule has 6 nitrogen and oxygen atoms in total. The average Bonchev–Trinajstić information content (AvgIpc) is 3.46. The molecule has 0 spiro atoms. The molecule has 3 aromatic rings. The first-order valence-electron chi connectivity index (χ1n) is 11.5.